The van der Waals surface area contributed by atoms with Gasteiger partial charge in [0.25, 0.3) is 0 Å². The molecule has 0 aromatic heterocycles. The van der Waals surface area contributed by atoms with Crippen molar-refractivity contribution in [3.05, 3.63) is 0 Å². The maximum atomic E-state index is 12.0. The molecule has 1 aliphatic carbocycles. The molecule has 3 atom stereocenters. The Morgan fingerprint density at radius 1 is 1.39 bits per heavy atom. The molecule has 1 N–H and O–H groups in total. The van der Waals surface area contributed by atoms with Gasteiger partial charge in [-0.25, -0.2) is 0 Å². The van der Waals surface area contributed by atoms with Crippen molar-refractivity contribution in [2.45, 2.75) is 58.0 Å². The SMILES string of the molecule is CCCC1CCC(=O)C(CN2CCCC(O)C2)C1. The lowest BCUT2D eigenvalue weighted by molar-refractivity contribution is -0.126. The van der Waals surface area contributed by atoms with E-state index in [9.17, 15) is 9.90 Å². The fourth-order valence-corrected chi connectivity index (χ4v) is 3.56. The van der Waals surface area contributed by atoms with Gasteiger partial charge >= 0.3 is 0 Å². The van der Waals surface area contributed by atoms with E-state index in [0.717, 1.165) is 57.7 Å². The van der Waals surface area contributed by atoms with Crippen LogP contribution in [-0.2, 0) is 4.79 Å². The molecule has 18 heavy (non-hydrogen) atoms. The minimum Gasteiger partial charge on any atom is -0.392 e. The molecule has 1 aliphatic heterocycles. The molecule has 1 saturated carbocycles. The molecule has 2 aliphatic rings. The number of aliphatic hydroxyl groups excluding tert-OH is 1. The largest absolute Gasteiger partial charge is 0.392 e. The van der Waals surface area contributed by atoms with Crippen LogP contribution < -0.4 is 0 Å². The minimum absolute atomic E-state index is 0.177. The molecule has 0 aromatic carbocycles. The first-order valence-electron chi connectivity index (χ1n) is 7.62. The maximum absolute atomic E-state index is 12.0. The number of hydrogen-bond donors (Lipinski definition) is 1. The lowest BCUT2D eigenvalue weighted by atomic mass is 9.78. The van der Waals surface area contributed by atoms with E-state index in [0.29, 0.717) is 5.78 Å². The van der Waals surface area contributed by atoms with Crippen LogP contribution in [0.3, 0.4) is 0 Å². The van der Waals surface area contributed by atoms with Gasteiger partial charge in [-0.1, -0.05) is 19.8 Å². The minimum atomic E-state index is -0.177. The third kappa shape index (κ3) is 3.79. The molecule has 104 valence electrons. The summed E-state index contributed by atoms with van der Waals surface area (Å²) in [5, 5.41) is 9.68. The highest BCUT2D eigenvalue weighted by atomic mass is 16.3. The van der Waals surface area contributed by atoms with Crippen LogP contribution in [-0.4, -0.2) is 41.5 Å². The smallest absolute Gasteiger partial charge is 0.137 e. The fourth-order valence-electron chi connectivity index (χ4n) is 3.56. The zero-order valence-corrected chi connectivity index (χ0v) is 11.6. The Bertz CT molecular complexity index is 280. The Morgan fingerprint density at radius 3 is 2.94 bits per heavy atom. The van der Waals surface area contributed by atoms with Gasteiger partial charge in [0.1, 0.15) is 5.78 Å². The Kier molecular flexibility index (Phi) is 5.19. The zero-order chi connectivity index (χ0) is 13.0. The molecule has 0 aromatic rings. The summed E-state index contributed by atoms with van der Waals surface area (Å²) in [6, 6.07) is 0. The number of hydrogen-bond acceptors (Lipinski definition) is 3. The van der Waals surface area contributed by atoms with Gasteiger partial charge in [-0.05, 0) is 38.1 Å². The van der Waals surface area contributed by atoms with E-state index in [1.807, 2.05) is 0 Å². The van der Waals surface area contributed by atoms with Gasteiger partial charge in [0.2, 0.25) is 0 Å². The first-order chi connectivity index (χ1) is 8.69. The molecule has 3 unspecified atom stereocenters. The number of ketones is 1. The molecule has 0 bridgehead atoms. The quantitative estimate of drug-likeness (QED) is 0.835. The van der Waals surface area contributed by atoms with Crippen LogP contribution in [0.25, 0.3) is 0 Å². The molecule has 0 amide bonds. The number of piperidine rings is 1. The summed E-state index contributed by atoms with van der Waals surface area (Å²) in [6.07, 6.45) is 7.29. The van der Waals surface area contributed by atoms with E-state index in [1.165, 1.54) is 12.8 Å². The van der Waals surface area contributed by atoms with Crippen LogP contribution in [0, 0.1) is 11.8 Å². The summed E-state index contributed by atoms with van der Waals surface area (Å²) < 4.78 is 0. The van der Waals surface area contributed by atoms with E-state index in [2.05, 4.69) is 11.8 Å². The lowest BCUT2D eigenvalue weighted by Gasteiger charge is -2.35. The molecule has 3 heteroatoms. The van der Waals surface area contributed by atoms with Gasteiger partial charge in [-0.3, -0.25) is 4.79 Å². The summed E-state index contributed by atoms with van der Waals surface area (Å²) >= 11 is 0. The highest BCUT2D eigenvalue weighted by molar-refractivity contribution is 5.81. The van der Waals surface area contributed by atoms with Crippen molar-refractivity contribution in [2.75, 3.05) is 19.6 Å². The average Bonchev–Trinajstić information content (AvgIpc) is 2.34. The van der Waals surface area contributed by atoms with Gasteiger partial charge in [-0.2, -0.15) is 0 Å². The van der Waals surface area contributed by atoms with Crippen LogP contribution in [0.2, 0.25) is 0 Å². The molecular formula is C15H27NO2. The van der Waals surface area contributed by atoms with E-state index in [-0.39, 0.29) is 12.0 Å². The number of Topliss-reactive ketones (excluding diaryl/α,β-unsaturated/α-hetero) is 1. The third-order valence-corrected chi connectivity index (χ3v) is 4.53. The number of carbonyl (C=O) groups excluding carboxylic acids is 1. The number of carbonyl (C=O) groups is 1. The van der Waals surface area contributed by atoms with Crippen molar-refractivity contribution in [1.29, 1.82) is 0 Å². The molecule has 2 fully saturated rings. The average molecular weight is 253 g/mol. The van der Waals surface area contributed by atoms with Gasteiger partial charge in [0.15, 0.2) is 0 Å². The van der Waals surface area contributed by atoms with Crippen LogP contribution in [0.1, 0.15) is 51.9 Å². The lowest BCUT2D eigenvalue weighted by Crippen LogP contribution is -2.43. The predicted molar refractivity (Wildman–Crippen MR) is 72.4 cm³/mol. The Balaban J connectivity index is 1.84. The van der Waals surface area contributed by atoms with Crippen LogP contribution in [0.4, 0.5) is 0 Å². The van der Waals surface area contributed by atoms with Gasteiger partial charge < -0.3 is 10.0 Å². The number of aliphatic hydroxyl groups is 1. The number of rotatable bonds is 4. The second-order valence-electron chi connectivity index (χ2n) is 6.15. The summed E-state index contributed by atoms with van der Waals surface area (Å²) in [7, 11) is 0. The molecule has 3 nitrogen and oxygen atoms in total. The highest BCUT2D eigenvalue weighted by Gasteiger charge is 2.30. The Labute approximate surface area is 111 Å². The Hall–Kier alpha value is -0.410. The summed E-state index contributed by atoms with van der Waals surface area (Å²) in [5.74, 6) is 1.45. The van der Waals surface area contributed by atoms with Crippen molar-refractivity contribution < 1.29 is 9.90 Å². The molecule has 2 rings (SSSR count). The number of nitrogens with zero attached hydrogens (tertiary/aromatic N) is 1. The van der Waals surface area contributed by atoms with Gasteiger partial charge in [0, 0.05) is 25.4 Å². The molecule has 0 radical (unpaired) electrons. The summed E-state index contributed by atoms with van der Waals surface area (Å²) in [4.78, 5) is 14.3. The van der Waals surface area contributed by atoms with E-state index in [1.54, 1.807) is 0 Å². The predicted octanol–water partition coefficient (Wildman–Crippen LogP) is 2.23. The van der Waals surface area contributed by atoms with E-state index in [4.69, 9.17) is 0 Å². The van der Waals surface area contributed by atoms with Crippen molar-refractivity contribution in [2.24, 2.45) is 11.8 Å². The first-order valence-corrected chi connectivity index (χ1v) is 7.62. The van der Waals surface area contributed by atoms with E-state index >= 15 is 0 Å². The highest BCUT2D eigenvalue weighted by Crippen LogP contribution is 2.30. The number of β-amino-alcohol motifs (C(OH)–C–C–N with tert-alkyl or cyclic N) is 1. The fraction of sp³-hybridized carbons (Fsp3) is 0.933. The van der Waals surface area contributed by atoms with Gasteiger partial charge in [0.05, 0.1) is 6.10 Å². The molecule has 1 heterocycles. The van der Waals surface area contributed by atoms with Crippen LogP contribution in [0.5, 0.6) is 0 Å². The zero-order valence-electron chi connectivity index (χ0n) is 11.6. The van der Waals surface area contributed by atoms with Crippen LogP contribution in [0.15, 0.2) is 0 Å². The van der Waals surface area contributed by atoms with Crippen molar-refractivity contribution in [1.82, 2.24) is 4.90 Å². The van der Waals surface area contributed by atoms with Crippen molar-refractivity contribution in [3.8, 4) is 0 Å². The maximum Gasteiger partial charge on any atom is 0.137 e. The first kappa shape index (κ1) is 14.0. The van der Waals surface area contributed by atoms with Gasteiger partial charge in [-0.15, -0.1) is 0 Å². The topological polar surface area (TPSA) is 40.5 Å². The van der Waals surface area contributed by atoms with Crippen molar-refractivity contribution in [3.63, 3.8) is 0 Å². The second kappa shape index (κ2) is 6.67. The molecule has 1 saturated heterocycles. The third-order valence-electron chi connectivity index (χ3n) is 4.53. The van der Waals surface area contributed by atoms with Crippen LogP contribution >= 0.6 is 0 Å². The molecule has 0 spiro atoms. The summed E-state index contributed by atoms with van der Waals surface area (Å²) in [5.41, 5.74) is 0. The molecular weight excluding hydrogens is 226 g/mol. The number of likely N-dealkylation sites (tertiary alicyclic amines) is 1. The second-order valence-corrected chi connectivity index (χ2v) is 6.15. The Morgan fingerprint density at radius 2 is 2.22 bits per heavy atom. The summed E-state index contributed by atoms with van der Waals surface area (Å²) in [6.45, 7) is 4.93. The normalized spacial score (nSPS) is 34.8. The standard InChI is InChI=1S/C15H27NO2/c1-2-4-12-6-7-15(18)13(9-12)10-16-8-3-5-14(17)11-16/h12-14,17H,2-11H2,1H3. The van der Waals surface area contributed by atoms with Crippen molar-refractivity contribution >= 4 is 5.78 Å². The van der Waals surface area contributed by atoms with E-state index < -0.39 is 0 Å². The monoisotopic (exact) mass is 253 g/mol.